The van der Waals surface area contributed by atoms with Crippen molar-refractivity contribution in [2.24, 2.45) is 0 Å². The predicted molar refractivity (Wildman–Crippen MR) is 108 cm³/mol. The Labute approximate surface area is 160 Å². The number of hydrazine groups is 1. The first-order valence-electron chi connectivity index (χ1n) is 8.04. The normalized spacial score (nSPS) is 10.1. The third-order valence-corrected chi connectivity index (χ3v) is 3.84. The first-order valence-corrected chi connectivity index (χ1v) is 8.85. The first-order chi connectivity index (χ1) is 12.0. The molecule has 0 atom stereocenters. The van der Waals surface area contributed by atoms with E-state index >= 15 is 0 Å². The van der Waals surface area contributed by atoms with Gasteiger partial charge in [0.2, 0.25) is 0 Å². The summed E-state index contributed by atoms with van der Waals surface area (Å²) >= 11 is 10.4. The monoisotopic (exact) mass is 386 g/mol. The maximum absolute atomic E-state index is 5.30. The molecule has 0 fully saturated rings. The predicted octanol–water partition coefficient (Wildman–Crippen LogP) is -0.766. The minimum Gasteiger partial charge on any atom is -0.493 e. The van der Waals surface area contributed by atoms with Crippen LogP contribution in [-0.2, 0) is 6.42 Å². The maximum atomic E-state index is 5.30. The number of hydrogen-bond donors (Lipinski definition) is 5. The Balaban J connectivity index is 2.25. The molecule has 0 unspecified atom stereocenters. The summed E-state index contributed by atoms with van der Waals surface area (Å²) in [5, 5.41) is 7.23. The fourth-order valence-corrected chi connectivity index (χ4v) is 2.29. The van der Waals surface area contributed by atoms with Crippen LogP contribution in [0.2, 0.25) is 0 Å². The van der Waals surface area contributed by atoms with Crippen molar-refractivity contribution >= 4 is 34.7 Å². The lowest BCUT2D eigenvalue weighted by atomic mass is 10.1. The molecule has 7 nitrogen and oxygen atoms in total. The van der Waals surface area contributed by atoms with Gasteiger partial charge in [0.1, 0.15) is 0 Å². The number of ether oxygens (including phenoxy) is 2. The lowest BCUT2D eigenvalue weighted by Gasteiger charge is -2.15. The van der Waals surface area contributed by atoms with Crippen LogP contribution in [-0.4, -0.2) is 58.2 Å². The summed E-state index contributed by atoms with van der Waals surface area (Å²) in [5.74, 6) is 1.44. The second-order valence-electron chi connectivity index (χ2n) is 5.66. The van der Waals surface area contributed by atoms with E-state index in [1.165, 1.54) is 4.90 Å². The van der Waals surface area contributed by atoms with Gasteiger partial charge in [0.15, 0.2) is 21.7 Å². The van der Waals surface area contributed by atoms with Crippen LogP contribution in [0.3, 0.4) is 0 Å². The summed E-state index contributed by atoms with van der Waals surface area (Å²) in [6.45, 7) is 2.47. The molecule has 0 saturated carbocycles. The molecule has 0 radical (unpaired) electrons. The molecule has 1 aromatic rings. The van der Waals surface area contributed by atoms with Gasteiger partial charge < -0.3 is 25.0 Å². The lowest BCUT2D eigenvalue weighted by Crippen LogP contribution is -3.06. The maximum Gasteiger partial charge on any atom is 0.185 e. The van der Waals surface area contributed by atoms with Gasteiger partial charge in [-0.15, -0.1) is 0 Å². The van der Waals surface area contributed by atoms with Crippen molar-refractivity contribution in [2.45, 2.75) is 6.42 Å². The number of rotatable bonds is 8. The van der Waals surface area contributed by atoms with Crippen LogP contribution in [0, 0.1) is 0 Å². The number of likely N-dealkylation sites (N-methyl/N-ethyl adjacent to an activating group) is 1. The Morgan fingerprint density at radius 3 is 2.12 bits per heavy atom. The molecule has 0 heterocycles. The SMILES string of the molecule is COc1ccc(CCNC(=S)NNC(=S)NCC[NH+](C)C)cc1OC. The number of quaternary nitrogens is 1. The van der Waals surface area contributed by atoms with E-state index in [2.05, 4.69) is 35.6 Å². The third-order valence-electron chi connectivity index (χ3n) is 3.35. The molecule has 0 aliphatic carbocycles. The molecule has 140 valence electrons. The molecular weight excluding hydrogens is 358 g/mol. The fraction of sp³-hybridized carbons (Fsp3) is 0.500. The van der Waals surface area contributed by atoms with Gasteiger partial charge in [-0.1, -0.05) is 6.07 Å². The smallest absolute Gasteiger partial charge is 0.185 e. The standard InChI is InChI=1S/C16H27N5O2S2/c1-21(2)10-9-18-16(25)20-19-15(24)17-8-7-12-5-6-13(22-3)14(11-12)23-4/h5-6,11H,7-10H2,1-4H3,(H2,17,19,24)(H2,18,20,25)/p+1. The van der Waals surface area contributed by atoms with Gasteiger partial charge >= 0.3 is 0 Å². The summed E-state index contributed by atoms with van der Waals surface area (Å²) < 4.78 is 10.5. The van der Waals surface area contributed by atoms with Crippen molar-refractivity contribution in [1.82, 2.24) is 21.5 Å². The Hall–Kier alpha value is -1.84. The van der Waals surface area contributed by atoms with Gasteiger partial charge in [0.05, 0.1) is 41.4 Å². The topological polar surface area (TPSA) is 71.0 Å². The largest absolute Gasteiger partial charge is 0.493 e. The van der Waals surface area contributed by atoms with E-state index in [9.17, 15) is 0 Å². The van der Waals surface area contributed by atoms with E-state index < -0.39 is 0 Å². The summed E-state index contributed by atoms with van der Waals surface area (Å²) in [4.78, 5) is 1.36. The second kappa shape index (κ2) is 11.7. The molecule has 0 amide bonds. The Bertz CT molecular complexity index is 569. The molecule has 0 saturated heterocycles. The average Bonchev–Trinajstić information content (AvgIpc) is 2.59. The quantitative estimate of drug-likeness (QED) is 0.295. The molecule has 1 aromatic carbocycles. The first kappa shape index (κ1) is 21.2. The third kappa shape index (κ3) is 8.71. The van der Waals surface area contributed by atoms with Crippen LogP contribution in [0.5, 0.6) is 11.5 Å². The van der Waals surface area contributed by atoms with Gasteiger partial charge in [-0.3, -0.25) is 10.9 Å². The van der Waals surface area contributed by atoms with Crippen molar-refractivity contribution in [3.05, 3.63) is 23.8 Å². The van der Waals surface area contributed by atoms with Crippen LogP contribution in [0.1, 0.15) is 5.56 Å². The van der Waals surface area contributed by atoms with Crippen molar-refractivity contribution in [3.63, 3.8) is 0 Å². The molecule has 0 spiro atoms. The van der Waals surface area contributed by atoms with E-state index in [4.69, 9.17) is 33.9 Å². The lowest BCUT2D eigenvalue weighted by molar-refractivity contribution is -0.856. The van der Waals surface area contributed by atoms with Gasteiger partial charge in [-0.25, -0.2) is 0 Å². The van der Waals surface area contributed by atoms with Gasteiger partial charge in [-0.05, 0) is 48.6 Å². The highest BCUT2D eigenvalue weighted by molar-refractivity contribution is 7.80. The van der Waals surface area contributed by atoms with Crippen molar-refractivity contribution < 1.29 is 14.4 Å². The van der Waals surface area contributed by atoms with E-state index in [1.54, 1.807) is 14.2 Å². The zero-order valence-corrected chi connectivity index (χ0v) is 16.8. The Morgan fingerprint density at radius 1 is 0.960 bits per heavy atom. The summed E-state index contributed by atoms with van der Waals surface area (Å²) in [6.07, 6.45) is 0.802. The van der Waals surface area contributed by atoms with E-state index in [0.717, 1.165) is 36.6 Å². The minimum absolute atomic E-state index is 0.489. The zero-order chi connectivity index (χ0) is 18.7. The summed E-state index contributed by atoms with van der Waals surface area (Å²) in [7, 11) is 7.43. The van der Waals surface area contributed by atoms with Crippen LogP contribution in [0.25, 0.3) is 0 Å². The molecular formula is C16H28N5O2S2+. The summed E-state index contributed by atoms with van der Waals surface area (Å²) in [6, 6.07) is 5.86. The number of thiocarbonyl (C=S) groups is 2. The molecule has 25 heavy (non-hydrogen) atoms. The Morgan fingerprint density at radius 2 is 1.56 bits per heavy atom. The Kier molecular flexibility index (Phi) is 9.90. The van der Waals surface area contributed by atoms with E-state index in [1.807, 2.05) is 18.2 Å². The number of methoxy groups -OCH3 is 2. The van der Waals surface area contributed by atoms with Gasteiger partial charge in [0, 0.05) is 6.54 Å². The number of benzene rings is 1. The van der Waals surface area contributed by atoms with Crippen molar-refractivity contribution in [2.75, 3.05) is 47.9 Å². The highest BCUT2D eigenvalue weighted by Crippen LogP contribution is 2.27. The molecule has 9 heteroatoms. The fourth-order valence-electron chi connectivity index (χ4n) is 1.98. The highest BCUT2D eigenvalue weighted by atomic mass is 32.1. The van der Waals surface area contributed by atoms with E-state index in [-0.39, 0.29) is 0 Å². The number of hydrogen-bond acceptors (Lipinski definition) is 4. The molecule has 0 aliphatic heterocycles. The highest BCUT2D eigenvalue weighted by Gasteiger charge is 2.05. The van der Waals surface area contributed by atoms with Crippen LogP contribution in [0.4, 0.5) is 0 Å². The molecule has 5 N–H and O–H groups in total. The average molecular weight is 387 g/mol. The summed E-state index contributed by atoms with van der Waals surface area (Å²) in [5.41, 5.74) is 6.85. The van der Waals surface area contributed by atoms with Crippen LogP contribution >= 0.6 is 24.4 Å². The minimum atomic E-state index is 0.489. The van der Waals surface area contributed by atoms with Crippen LogP contribution in [0.15, 0.2) is 18.2 Å². The van der Waals surface area contributed by atoms with E-state index in [0.29, 0.717) is 16.8 Å². The van der Waals surface area contributed by atoms with Crippen LogP contribution < -0.4 is 35.9 Å². The molecule has 1 rings (SSSR count). The molecule has 0 aliphatic rings. The number of nitrogens with one attached hydrogen (secondary N) is 5. The second-order valence-corrected chi connectivity index (χ2v) is 6.47. The van der Waals surface area contributed by atoms with Gasteiger partial charge in [-0.2, -0.15) is 0 Å². The van der Waals surface area contributed by atoms with Crippen molar-refractivity contribution in [3.8, 4) is 11.5 Å². The van der Waals surface area contributed by atoms with Crippen molar-refractivity contribution in [1.29, 1.82) is 0 Å². The van der Waals surface area contributed by atoms with Gasteiger partial charge in [0.25, 0.3) is 0 Å². The molecule has 0 bridgehead atoms. The molecule has 0 aromatic heterocycles. The zero-order valence-electron chi connectivity index (χ0n) is 15.2.